The van der Waals surface area contributed by atoms with Crippen LogP contribution in [0.4, 0.5) is 4.79 Å². The van der Waals surface area contributed by atoms with Crippen LogP contribution in [0.15, 0.2) is 12.2 Å². The lowest BCUT2D eigenvalue weighted by molar-refractivity contribution is -0.116. The maximum atomic E-state index is 10.9. The van der Waals surface area contributed by atoms with Crippen LogP contribution < -0.4 is 5.32 Å². The first kappa shape index (κ1) is 12.6. The Balaban J connectivity index is 3.66. The van der Waals surface area contributed by atoms with Gasteiger partial charge in [-0.2, -0.15) is 0 Å². The van der Waals surface area contributed by atoms with Crippen LogP contribution in [0, 0.1) is 0 Å². The summed E-state index contributed by atoms with van der Waals surface area (Å²) in [7, 11) is 3.72. The fourth-order valence-corrected chi connectivity index (χ4v) is 0.556. The number of likely N-dealkylation sites (N-methyl/N-ethyl adjacent to an activating group) is 1. The van der Waals surface area contributed by atoms with Gasteiger partial charge in [0.1, 0.15) is 6.61 Å². The smallest absolute Gasteiger partial charge is 0.414 e. The van der Waals surface area contributed by atoms with Gasteiger partial charge < -0.3 is 9.64 Å². The Hall–Kier alpha value is -1.36. The van der Waals surface area contributed by atoms with Crippen molar-refractivity contribution in [3.63, 3.8) is 0 Å². The van der Waals surface area contributed by atoms with E-state index in [4.69, 9.17) is 4.74 Å². The number of imide groups is 1. The predicted octanol–water partition coefficient (Wildman–Crippen LogP) is 0.377. The van der Waals surface area contributed by atoms with E-state index in [0.29, 0.717) is 6.54 Å². The van der Waals surface area contributed by atoms with Crippen molar-refractivity contribution in [2.75, 3.05) is 27.2 Å². The van der Waals surface area contributed by atoms with Gasteiger partial charge in [-0.05, 0) is 21.0 Å². The quantitative estimate of drug-likeness (QED) is 0.666. The minimum Gasteiger partial charge on any atom is -0.448 e. The molecule has 0 bridgehead atoms. The third-order valence-corrected chi connectivity index (χ3v) is 1.37. The van der Waals surface area contributed by atoms with Gasteiger partial charge in [-0.3, -0.25) is 10.1 Å². The Bertz CT molecular complexity index is 236. The van der Waals surface area contributed by atoms with Crippen LogP contribution >= 0.6 is 0 Å². The van der Waals surface area contributed by atoms with Gasteiger partial charge in [0.15, 0.2) is 0 Å². The molecule has 0 aliphatic heterocycles. The summed E-state index contributed by atoms with van der Waals surface area (Å²) in [5.74, 6) is -0.514. The van der Waals surface area contributed by atoms with Crippen molar-refractivity contribution in [1.29, 1.82) is 0 Å². The molecule has 2 amide bonds. The second-order valence-electron chi connectivity index (χ2n) is 3.17. The summed E-state index contributed by atoms with van der Waals surface area (Å²) in [6.45, 7) is 5.78. The SMILES string of the molecule is C=C(C)C(=O)NC(=O)OCCN(C)C. The third kappa shape index (κ3) is 6.19. The predicted molar refractivity (Wildman–Crippen MR) is 52.9 cm³/mol. The van der Waals surface area contributed by atoms with Gasteiger partial charge in [0, 0.05) is 12.1 Å². The fourth-order valence-electron chi connectivity index (χ4n) is 0.556. The summed E-state index contributed by atoms with van der Waals surface area (Å²) in [6.07, 6.45) is -0.736. The van der Waals surface area contributed by atoms with Crippen molar-refractivity contribution < 1.29 is 14.3 Å². The normalized spacial score (nSPS) is 9.71. The second kappa shape index (κ2) is 6.15. The molecule has 14 heavy (non-hydrogen) atoms. The highest BCUT2D eigenvalue weighted by atomic mass is 16.5. The summed E-state index contributed by atoms with van der Waals surface area (Å²) in [5, 5.41) is 2.03. The largest absolute Gasteiger partial charge is 0.448 e. The Labute approximate surface area is 83.7 Å². The van der Waals surface area contributed by atoms with E-state index >= 15 is 0 Å². The molecule has 0 aromatic rings. The van der Waals surface area contributed by atoms with Gasteiger partial charge in [0.25, 0.3) is 5.91 Å². The van der Waals surface area contributed by atoms with Crippen LogP contribution in [0.25, 0.3) is 0 Å². The molecule has 0 saturated carbocycles. The minimum atomic E-state index is -0.736. The lowest BCUT2D eigenvalue weighted by Gasteiger charge is -2.09. The van der Waals surface area contributed by atoms with Gasteiger partial charge in [0.05, 0.1) is 0 Å². The molecule has 0 radical (unpaired) electrons. The van der Waals surface area contributed by atoms with Crippen molar-refractivity contribution in [1.82, 2.24) is 10.2 Å². The molecule has 0 saturated heterocycles. The fraction of sp³-hybridized carbons (Fsp3) is 0.556. The van der Waals surface area contributed by atoms with Gasteiger partial charge in [-0.25, -0.2) is 4.79 Å². The highest BCUT2D eigenvalue weighted by Gasteiger charge is 2.08. The summed E-state index contributed by atoms with van der Waals surface area (Å²) in [6, 6.07) is 0. The molecule has 0 aliphatic rings. The summed E-state index contributed by atoms with van der Waals surface area (Å²) in [4.78, 5) is 23.7. The summed E-state index contributed by atoms with van der Waals surface area (Å²) < 4.78 is 4.72. The molecule has 0 rings (SSSR count). The Kier molecular flexibility index (Phi) is 5.55. The maximum absolute atomic E-state index is 10.9. The van der Waals surface area contributed by atoms with E-state index in [1.807, 2.05) is 24.3 Å². The van der Waals surface area contributed by atoms with Crippen LogP contribution in [0.1, 0.15) is 6.92 Å². The molecular formula is C9H16N2O3. The Morgan fingerprint density at radius 2 is 2.00 bits per heavy atom. The molecule has 0 unspecified atom stereocenters. The number of ether oxygens (including phenoxy) is 1. The molecule has 80 valence electrons. The van der Waals surface area contributed by atoms with E-state index in [1.165, 1.54) is 6.92 Å². The molecule has 5 nitrogen and oxygen atoms in total. The first-order chi connectivity index (χ1) is 6.43. The van der Waals surface area contributed by atoms with E-state index in [0.717, 1.165) is 0 Å². The van der Waals surface area contributed by atoms with E-state index in [-0.39, 0.29) is 12.2 Å². The van der Waals surface area contributed by atoms with Crippen molar-refractivity contribution in [2.24, 2.45) is 0 Å². The molecular weight excluding hydrogens is 184 g/mol. The zero-order valence-corrected chi connectivity index (χ0v) is 8.79. The number of nitrogens with one attached hydrogen (secondary N) is 1. The van der Waals surface area contributed by atoms with E-state index < -0.39 is 12.0 Å². The zero-order chi connectivity index (χ0) is 11.1. The van der Waals surface area contributed by atoms with Gasteiger partial charge >= 0.3 is 6.09 Å². The number of rotatable bonds is 4. The molecule has 0 aromatic carbocycles. The van der Waals surface area contributed by atoms with E-state index in [1.54, 1.807) is 0 Å². The number of alkyl carbamates (subject to hydrolysis) is 1. The molecule has 0 atom stereocenters. The number of hydrogen-bond donors (Lipinski definition) is 1. The number of carbonyl (C=O) groups is 2. The molecule has 0 spiro atoms. The number of nitrogens with zero attached hydrogens (tertiary/aromatic N) is 1. The lowest BCUT2D eigenvalue weighted by atomic mass is 10.3. The highest BCUT2D eigenvalue weighted by Crippen LogP contribution is 1.87. The third-order valence-electron chi connectivity index (χ3n) is 1.37. The Morgan fingerprint density at radius 3 is 2.43 bits per heavy atom. The molecule has 1 N–H and O–H groups in total. The summed E-state index contributed by atoms with van der Waals surface area (Å²) >= 11 is 0. The van der Waals surface area contributed by atoms with Gasteiger partial charge in [-0.1, -0.05) is 6.58 Å². The average molecular weight is 200 g/mol. The number of hydrogen-bond acceptors (Lipinski definition) is 4. The van der Waals surface area contributed by atoms with Crippen molar-refractivity contribution in [3.05, 3.63) is 12.2 Å². The first-order valence-corrected chi connectivity index (χ1v) is 4.22. The van der Waals surface area contributed by atoms with Crippen LogP contribution in [0.2, 0.25) is 0 Å². The van der Waals surface area contributed by atoms with E-state index in [9.17, 15) is 9.59 Å². The highest BCUT2D eigenvalue weighted by molar-refractivity contribution is 6.01. The monoisotopic (exact) mass is 200 g/mol. The number of carbonyl (C=O) groups excluding carboxylic acids is 2. The molecule has 0 fully saturated rings. The average Bonchev–Trinajstić information content (AvgIpc) is 2.02. The molecule has 0 aliphatic carbocycles. The maximum Gasteiger partial charge on any atom is 0.414 e. The van der Waals surface area contributed by atoms with E-state index in [2.05, 4.69) is 6.58 Å². The topological polar surface area (TPSA) is 58.6 Å². The standard InChI is InChI=1S/C9H16N2O3/c1-7(2)8(12)10-9(13)14-6-5-11(3)4/h1,5-6H2,2-4H3,(H,10,12,13). The van der Waals surface area contributed by atoms with Crippen LogP contribution in [0.5, 0.6) is 0 Å². The van der Waals surface area contributed by atoms with Gasteiger partial charge in [0.2, 0.25) is 0 Å². The molecule has 0 aromatic heterocycles. The molecule has 0 heterocycles. The van der Waals surface area contributed by atoms with Crippen molar-refractivity contribution in [2.45, 2.75) is 6.92 Å². The zero-order valence-electron chi connectivity index (χ0n) is 8.79. The van der Waals surface area contributed by atoms with Gasteiger partial charge in [-0.15, -0.1) is 0 Å². The minimum absolute atomic E-state index is 0.252. The van der Waals surface area contributed by atoms with Crippen molar-refractivity contribution >= 4 is 12.0 Å². The first-order valence-electron chi connectivity index (χ1n) is 4.22. The number of amides is 2. The van der Waals surface area contributed by atoms with Crippen molar-refractivity contribution in [3.8, 4) is 0 Å². The lowest BCUT2D eigenvalue weighted by Crippen LogP contribution is -2.33. The molecule has 5 heteroatoms. The van der Waals surface area contributed by atoms with Crippen LogP contribution in [0.3, 0.4) is 0 Å². The second-order valence-corrected chi connectivity index (χ2v) is 3.17. The summed E-state index contributed by atoms with van der Waals surface area (Å²) in [5.41, 5.74) is 0.273. The Morgan fingerprint density at radius 1 is 1.43 bits per heavy atom. The van der Waals surface area contributed by atoms with Crippen LogP contribution in [-0.4, -0.2) is 44.1 Å². The van der Waals surface area contributed by atoms with Crippen LogP contribution in [-0.2, 0) is 9.53 Å².